The van der Waals surface area contributed by atoms with Crippen LogP contribution in [-0.2, 0) is 11.6 Å². The number of pyridine rings is 1. The topological polar surface area (TPSA) is 39.9 Å². The molecule has 0 atom stereocenters. The van der Waals surface area contributed by atoms with E-state index in [1.54, 1.807) is 4.90 Å². The molecule has 25 heavy (non-hydrogen) atoms. The summed E-state index contributed by atoms with van der Waals surface area (Å²) in [6, 6.07) is 12.2. The lowest BCUT2D eigenvalue weighted by atomic mass is 9.74. The van der Waals surface area contributed by atoms with E-state index >= 15 is 0 Å². The van der Waals surface area contributed by atoms with Gasteiger partial charge in [0, 0.05) is 19.3 Å². The number of rotatable bonds is 2. The van der Waals surface area contributed by atoms with Gasteiger partial charge in [-0.3, -0.25) is 0 Å². The summed E-state index contributed by atoms with van der Waals surface area (Å²) in [5, 5.41) is 9.65. The molecule has 0 saturated carbocycles. The molecule has 0 spiro atoms. The number of nitrogens with zero attached hydrogens (tertiary/aromatic N) is 3. The smallest absolute Gasteiger partial charge is 0.354 e. The van der Waals surface area contributed by atoms with Crippen molar-refractivity contribution in [1.29, 1.82) is 5.26 Å². The molecule has 0 radical (unpaired) electrons. The minimum absolute atomic E-state index is 0.104. The van der Waals surface area contributed by atoms with Crippen LogP contribution in [0.5, 0.6) is 0 Å². The van der Waals surface area contributed by atoms with E-state index in [-0.39, 0.29) is 5.82 Å². The van der Waals surface area contributed by atoms with Gasteiger partial charge in [-0.25, -0.2) is 9.37 Å². The van der Waals surface area contributed by atoms with E-state index in [9.17, 15) is 22.8 Å². The predicted octanol–water partition coefficient (Wildman–Crippen LogP) is 4.30. The Morgan fingerprint density at radius 1 is 1.12 bits per heavy atom. The van der Waals surface area contributed by atoms with Gasteiger partial charge in [0.15, 0.2) is 11.6 Å². The molecule has 2 heterocycles. The molecule has 130 valence electrons. The van der Waals surface area contributed by atoms with Crippen molar-refractivity contribution < 1.29 is 17.6 Å². The van der Waals surface area contributed by atoms with Crippen LogP contribution < -0.4 is 4.90 Å². The maximum Gasteiger partial charge on any atom is 0.417 e. The highest BCUT2D eigenvalue weighted by Gasteiger charge is 2.38. The van der Waals surface area contributed by atoms with Gasteiger partial charge < -0.3 is 4.90 Å². The summed E-state index contributed by atoms with van der Waals surface area (Å²) < 4.78 is 52.0. The Morgan fingerprint density at radius 2 is 1.76 bits per heavy atom. The predicted molar refractivity (Wildman–Crippen MR) is 84.4 cm³/mol. The van der Waals surface area contributed by atoms with Gasteiger partial charge in [0.1, 0.15) is 0 Å². The summed E-state index contributed by atoms with van der Waals surface area (Å²) in [6.45, 7) is 0.690. The fourth-order valence-electron chi connectivity index (χ4n) is 3.14. The SMILES string of the molecule is N#CC1(c2ccccc2)CCN(c2ncc(C(F)(F)F)cc2F)CC1. The van der Waals surface area contributed by atoms with E-state index < -0.39 is 23.0 Å². The molecular weight excluding hydrogens is 334 g/mol. The van der Waals surface area contributed by atoms with E-state index in [0.29, 0.717) is 38.2 Å². The Balaban J connectivity index is 1.80. The molecule has 0 unspecified atom stereocenters. The molecule has 0 aliphatic carbocycles. The highest BCUT2D eigenvalue weighted by Crippen LogP contribution is 2.37. The number of anilines is 1. The Labute approximate surface area is 142 Å². The minimum atomic E-state index is -4.63. The Bertz CT molecular complexity index is 788. The van der Waals surface area contributed by atoms with Crippen LogP contribution in [0.3, 0.4) is 0 Å². The van der Waals surface area contributed by atoms with Crippen LogP contribution in [0.15, 0.2) is 42.6 Å². The zero-order chi connectivity index (χ0) is 18.1. The lowest BCUT2D eigenvalue weighted by molar-refractivity contribution is -0.138. The van der Waals surface area contributed by atoms with Gasteiger partial charge in [0.2, 0.25) is 0 Å². The van der Waals surface area contributed by atoms with E-state index in [4.69, 9.17) is 0 Å². The quantitative estimate of drug-likeness (QED) is 0.759. The van der Waals surface area contributed by atoms with Gasteiger partial charge >= 0.3 is 6.18 Å². The van der Waals surface area contributed by atoms with Crippen molar-refractivity contribution in [2.75, 3.05) is 18.0 Å². The zero-order valence-electron chi connectivity index (χ0n) is 13.2. The molecule has 1 aromatic carbocycles. The van der Waals surface area contributed by atoms with E-state index in [1.165, 1.54) is 0 Å². The molecule has 0 amide bonds. The number of nitriles is 1. The van der Waals surface area contributed by atoms with Crippen LogP contribution >= 0.6 is 0 Å². The second kappa shape index (κ2) is 6.36. The first-order valence-corrected chi connectivity index (χ1v) is 7.80. The molecule has 1 fully saturated rings. The highest BCUT2D eigenvalue weighted by molar-refractivity contribution is 5.44. The van der Waals surface area contributed by atoms with Crippen molar-refractivity contribution >= 4 is 5.82 Å². The first-order chi connectivity index (χ1) is 11.9. The van der Waals surface area contributed by atoms with Crippen LogP contribution in [0, 0.1) is 17.1 Å². The normalized spacial score (nSPS) is 17.2. The number of alkyl halides is 3. The third-order valence-electron chi connectivity index (χ3n) is 4.61. The second-order valence-corrected chi connectivity index (χ2v) is 6.07. The van der Waals surface area contributed by atoms with Crippen molar-refractivity contribution in [2.45, 2.75) is 24.4 Å². The molecule has 1 saturated heterocycles. The molecule has 3 rings (SSSR count). The van der Waals surface area contributed by atoms with Gasteiger partial charge in [0.25, 0.3) is 0 Å². The summed E-state index contributed by atoms with van der Waals surface area (Å²) in [6.07, 6.45) is -3.08. The number of aromatic nitrogens is 1. The summed E-state index contributed by atoms with van der Waals surface area (Å²) in [7, 11) is 0. The van der Waals surface area contributed by atoms with Gasteiger partial charge in [-0.2, -0.15) is 18.4 Å². The van der Waals surface area contributed by atoms with Crippen LogP contribution in [0.4, 0.5) is 23.4 Å². The number of hydrogen-bond donors (Lipinski definition) is 0. The first-order valence-electron chi connectivity index (χ1n) is 7.80. The largest absolute Gasteiger partial charge is 0.417 e. The lowest BCUT2D eigenvalue weighted by Crippen LogP contribution is -2.42. The Morgan fingerprint density at radius 3 is 2.28 bits per heavy atom. The average molecular weight is 349 g/mol. The Kier molecular flexibility index (Phi) is 4.38. The molecule has 3 nitrogen and oxygen atoms in total. The average Bonchev–Trinajstić information content (AvgIpc) is 2.62. The second-order valence-electron chi connectivity index (χ2n) is 6.07. The molecule has 1 aliphatic rings. The van der Waals surface area contributed by atoms with Crippen molar-refractivity contribution in [3.05, 3.63) is 59.5 Å². The zero-order valence-corrected chi connectivity index (χ0v) is 13.2. The number of hydrogen-bond acceptors (Lipinski definition) is 3. The third kappa shape index (κ3) is 3.29. The summed E-state index contributed by atoms with van der Waals surface area (Å²) in [5.74, 6) is -1.11. The van der Waals surface area contributed by atoms with E-state index in [0.717, 1.165) is 5.56 Å². The van der Waals surface area contributed by atoms with Crippen LogP contribution in [-0.4, -0.2) is 18.1 Å². The highest BCUT2D eigenvalue weighted by atomic mass is 19.4. The maximum absolute atomic E-state index is 14.1. The Hall–Kier alpha value is -2.62. The minimum Gasteiger partial charge on any atom is -0.354 e. The molecule has 2 aromatic rings. The molecule has 7 heteroatoms. The monoisotopic (exact) mass is 349 g/mol. The van der Waals surface area contributed by atoms with Crippen molar-refractivity contribution in [2.24, 2.45) is 0 Å². The van der Waals surface area contributed by atoms with Gasteiger partial charge in [-0.15, -0.1) is 0 Å². The maximum atomic E-state index is 14.1. The lowest BCUT2D eigenvalue weighted by Gasteiger charge is -2.38. The first kappa shape index (κ1) is 17.2. The van der Waals surface area contributed by atoms with Gasteiger partial charge in [0.05, 0.1) is 17.0 Å². The molecule has 0 N–H and O–H groups in total. The van der Waals surface area contributed by atoms with Crippen molar-refractivity contribution in [3.8, 4) is 6.07 Å². The number of halogens is 4. The van der Waals surface area contributed by atoms with Gasteiger partial charge in [-0.05, 0) is 24.5 Å². The van der Waals surface area contributed by atoms with E-state index in [1.807, 2.05) is 30.3 Å². The van der Waals surface area contributed by atoms with Crippen molar-refractivity contribution in [3.63, 3.8) is 0 Å². The molecule has 0 bridgehead atoms. The van der Waals surface area contributed by atoms with Crippen LogP contribution in [0.25, 0.3) is 0 Å². The van der Waals surface area contributed by atoms with Crippen LogP contribution in [0.2, 0.25) is 0 Å². The van der Waals surface area contributed by atoms with Gasteiger partial charge in [-0.1, -0.05) is 30.3 Å². The fraction of sp³-hybridized carbons (Fsp3) is 0.333. The number of benzene rings is 1. The number of piperidine rings is 1. The summed E-state index contributed by atoms with van der Waals surface area (Å²) in [5.41, 5.74) is -0.875. The fourth-order valence-corrected chi connectivity index (χ4v) is 3.14. The third-order valence-corrected chi connectivity index (χ3v) is 4.61. The van der Waals surface area contributed by atoms with Crippen molar-refractivity contribution in [1.82, 2.24) is 4.98 Å². The molecule has 1 aromatic heterocycles. The summed E-state index contributed by atoms with van der Waals surface area (Å²) >= 11 is 0. The molecule has 1 aliphatic heterocycles. The van der Waals surface area contributed by atoms with E-state index in [2.05, 4.69) is 11.1 Å². The van der Waals surface area contributed by atoms with Crippen LogP contribution in [0.1, 0.15) is 24.0 Å². The summed E-state index contributed by atoms with van der Waals surface area (Å²) in [4.78, 5) is 5.25. The molecular formula is C18H15F4N3. The standard InChI is InChI=1S/C18H15F4N3/c19-15-10-14(18(20,21)22)11-24-16(15)25-8-6-17(12-23,7-9-25)13-4-2-1-3-5-13/h1-5,10-11H,6-9H2.